The standard InChI is InChI=1S/C39H34N4O.Pt/c1-38(2,3)27-18-19-40-36(20-27)43-33-14-7-6-13-31(33)32-17-16-30(22-35(32)43)44-29-12-9-11-28(21-29)42-25-41-24-39(4,5)23-26-10-8-15-34(42)37(26)41;/h6-20H,23-24H2,1-5H3;/q-2;. The van der Waals surface area contributed by atoms with Crippen LogP contribution in [-0.2, 0) is 39.4 Å². The zero-order chi connectivity index (χ0) is 30.2. The molecule has 5 nitrogen and oxygen atoms in total. The Labute approximate surface area is 278 Å². The smallest absolute Gasteiger partial charge is 0.242 e. The fourth-order valence-corrected chi connectivity index (χ4v) is 6.66. The third-order valence-corrected chi connectivity index (χ3v) is 8.70. The van der Waals surface area contributed by atoms with Gasteiger partial charge in [-0.1, -0.05) is 82.2 Å². The number of imidazole rings is 1. The molecule has 8 rings (SSSR count). The van der Waals surface area contributed by atoms with Crippen molar-refractivity contribution >= 4 is 32.8 Å². The molecule has 0 spiro atoms. The average Bonchev–Trinajstić information content (AvgIpc) is 3.52. The van der Waals surface area contributed by atoms with Crippen LogP contribution in [-0.4, -0.2) is 14.1 Å². The maximum atomic E-state index is 6.45. The van der Waals surface area contributed by atoms with Crippen molar-refractivity contribution in [3.05, 3.63) is 121 Å². The molecule has 0 radical (unpaired) electrons. The monoisotopic (exact) mass is 769 g/mol. The van der Waals surface area contributed by atoms with E-state index >= 15 is 0 Å². The largest absolute Gasteiger partial charge is 0.510 e. The van der Waals surface area contributed by atoms with E-state index in [0.29, 0.717) is 11.5 Å². The SMILES string of the molecule is CC1(C)Cc2cccc3c2[n+]([c-]n3-c2[c-]c(Oc3[c-]c4c(cc3)c3ccccc3n4-c3cc(C(C)(C)C)ccn3)ccc2)C1.[Pt]. The van der Waals surface area contributed by atoms with Gasteiger partial charge >= 0.3 is 0 Å². The van der Waals surface area contributed by atoms with Crippen molar-refractivity contribution in [2.75, 3.05) is 0 Å². The Hall–Kier alpha value is -4.21. The van der Waals surface area contributed by atoms with Crippen molar-refractivity contribution in [3.8, 4) is 23.0 Å². The van der Waals surface area contributed by atoms with E-state index in [4.69, 9.17) is 9.72 Å². The molecule has 3 aromatic heterocycles. The minimum Gasteiger partial charge on any atom is -0.510 e. The van der Waals surface area contributed by atoms with Gasteiger partial charge in [-0.2, -0.15) is 18.2 Å². The van der Waals surface area contributed by atoms with Crippen LogP contribution in [0.2, 0.25) is 0 Å². The Kier molecular flexibility index (Phi) is 7.02. The number of nitrogens with zero attached hydrogens (tertiary/aromatic N) is 4. The zero-order valence-corrected chi connectivity index (χ0v) is 28.4. The molecule has 0 bridgehead atoms. The van der Waals surface area contributed by atoms with Crippen molar-refractivity contribution in [1.29, 1.82) is 0 Å². The number of hydrogen-bond acceptors (Lipinski definition) is 2. The first-order valence-electron chi connectivity index (χ1n) is 15.2. The Bertz CT molecular complexity index is 2230. The average molecular weight is 770 g/mol. The van der Waals surface area contributed by atoms with Crippen molar-refractivity contribution in [3.63, 3.8) is 0 Å². The molecule has 1 aliphatic heterocycles. The molecule has 0 amide bonds. The van der Waals surface area contributed by atoms with Gasteiger partial charge < -0.3 is 18.4 Å². The molecule has 0 atom stereocenters. The topological polar surface area (TPSA) is 35.9 Å². The fraction of sp³-hybridized carbons (Fsp3) is 0.231. The van der Waals surface area contributed by atoms with Gasteiger partial charge in [0.25, 0.3) is 0 Å². The number of aromatic nitrogens is 4. The molecular weight excluding hydrogens is 736 g/mol. The summed E-state index contributed by atoms with van der Waals surface area (Å²) in [6.45, 7) is 12.2. The molecule has 0 saturated carbocycles. The van der Waals surface area contributed by atoms with Crippen molar-refractivity contribution in [1.82, 2.24) is 14.1 Å². The minimum absolute atomic E-state index is 0. The second kappa shape index (κ2) is 10.7. The number of para-hydroxylation sites is 2. The predicted molar refractivity (Wildman–Crippen MR) is 175 cm³/mol. The number of fused-ring (bicyclic) bond motifs is 3. The first kappa shape index (κ1) is 29.5. The van der Waals surface area contributed by atoms with E-state index in [2.05, 4.69) is 134 Å². The fourth-order valence-electron chi connectivity index (χ4n) is 6.66. The minimum atomic E-state index is 0. The summed E-state index contributed by atoms with van der Waals surface area (Å²) in [4.78, 5) is 4.80. The van der Waals surface area contributed by atoms with Gasteiger partial charge in [0.05, 0.1) is 17.6 Å². The van der Waals surface area contributed by atoms with Crippen molar-refractivity contribution in [2.45, 2.75) is 53.0 Å². The maximum absolute atomic E-state index is 6.45. The maximum Gasteiger partial charge on any atom is 0.242 e. The normalized spacial score (nSPS) is 14.2. The quantitative estimate of drug-likeness (QED) is 0.133. The molecule has 0 saturated heterocycles. The molecular formula is C39H34N4OPt-2. The first-order valence-corrected chi connectivity index (χ1v) is 15.2. The summed E-state index contributed by atoms with van der Waals surface area (Å²) in [6.07, 6.45) is 6.56. The second-order valence-electron chi connectivity index (χ2n) is 13.7. The van der Waals surface area contributed by atoms with Crippen LogP contribution in [0.1, 0.15) is 45.7 Å². The zero-order valence-electron chi connectivity index (χ0n) is 26.1. The molecule has 0 aliphatic carbocycles. The van der Waals surface area contributed by atoms with E-state index in [-0.39, 0.29) is 31.9 Å². The Morgan fingerprint density at radius 1 is 0.844 bits per heavy atom. The number of pyridine rings is 1. The Morgan fingerprint density at radius 3 is 2.47 bits per heavy atom. The number of benzene rings is 4. The van der Waals surface area contributed by atoms with Gasteiger partial charge in [0.1, 0.15) is 5.82 Å². The van der Waals surface area contributed by atoms with Gasteiger partial charge in [-0.05, 0) is 46.5 Å². The van der Waals surface area contributed by atoms with Gasteiger partial charge in [0.15, 0.2) is 0 Å². The molecule has 4 aromatic carbocycles. The van der Waals surface area contributed by atoms with Gasteiger partial charge in [0.2, 0.25) is 6.33 Å². The number of rotatable bonds is 4. The van der Waals surface area contributed by atoms with E-state index in [9.17, 15) is 0 Å². The molecule has 0 fully saturated rings. The molecule has 0 N–H and O–H groups in total. The second-order valence-corrected chi connectivity index (χ2v) is 13.7. The van der Waals surface area contributed by atoms with Gasteiger partial charge in [-0.25, -0.2) is 4.98 Å². The van der Waals surface area contributed by atoms with Gasteiger partial charge in [0, 0.05) is 49.7 Å². The summed E-state index contributed by atoms with van der Waals surface area (Å²) in [6, 6.07) is 36.4. The Morgan fingerprint density at radius 2 is 1.62 bits per heavy atom. The van der Waals surface area contributed by atoms with Crippen molar-refractivity contribution < 1.29 is 30.4 Å². The molecule has 7 aromatic rings. The van der Waals surface area contributed by atoms with Gasteiger partial charge in [-0.3, -0.25) is 0 Å². The van der Waals surface area contributed by atoms with E-state index in [0.717, 1.165) is 51.8 Å². The van der Waals surface area contributed by atoms with E-state index in [1.165, 1.54) is 16.6 Å². The summed E-state index contributed by atoms with van der Waals surface area (Å²) >= 11 is 0. The molecule has 228 valence electrons. The van der Waals surface area contributed by atoms with E-state index in [1.54, 1.807) is 0 Å². The molecule has 45 heavy (non-hydrogen) atoms. The van der Waals surface area contributed by atoms with E-state index < -0.39 is 0 Å². The van der Waals surface area contributed by atoms with Crippen LogP contribution in [0.25, 0.3) is 44.3 Å². The van der Waals surface area contributed by atoms with E-state index in [1.807, 2.05) is 24.4 Å². The first-order chi connectivity index (χ1) is 21.1. The van der Waals surface area contributed by atoms with Gasteiger partial charge in [-0.15, -0.1) is 29.7 Å². The van der Waals surface area contributed by atoms with Crippen LogP contribution in [0.4, 0.5) is 0 Å². The Balaban J connectivity index is 0.00000325. The summed E-state index contributed by atoms with van der Waals surface area (Å²) in [5.41, 5.74) is 8.08. The van der Waals surface area contributed by atoms with Crippen LogP contribution >= 0.6 is 0 Å². The molecule has 6 heteroatoms. The third kappa shape index (κ3) is 5.08. The molecule has 4 heterocycles. The van der Waals surface area contributed by atoms with Crippen LogP contribution in [0.5, 0.6) is 11.5 Å². The number of ether oxygens (including phenoxy) is 1. The van der Waals surface area contributed by atoms with Crippen LogP contribution < -0.4 is 9.30 Å². The summed E-state index contributed by atoms with van der Waals surface area (Å²) in [7, 11) is 0. The van der Waals surface area contributed by atoms with Crippen LogP contribution in [0, 0.1) is 23.9 Å². The predicted octanol–water partition coefficient (Wildman–Crippen LogP) is 8.48. The third-order valence-electron chi connectivity index (χ3n) is 8.70. The summed E-state index contributed by atoms with van der Waals surface area (Å²) in [5.74, 6) is 2.12. The summed E-state index contributed by atoms with van der Waals surface area (Å²) < 4.78 is 13.0. The number of hydrogen-bond donors (Lipinski definition) is 0. The van der Waals surface area contributed by atoms with Crippen molar-refractivity contribution in [2.24, 2.45) is 5.41 Å². The van der Waals surface area contributed by atoms with Crippen LogP contribution in [0.3, 0.4) is 0 Å². The van der Waals surface area contributed by atoms with Crippen LogP contribution in [0.15, 0.2) is 91.1 Å². The molecule has 1 aliphatic rings. The summed E-state index contributed by atoms with van der Waals surface area (Å²) in [5, 5.41) is 2.26. The molecule has 0 unspecified atom stereocenters.